The van der Waals surface area contributed by atoms with Gasteiger partial charge in [0.25, 0.3) is 0 Å². The van der Waals surface area contributed by atoms with Crippen molar-refractivity contribution in [1.82, 2.24) is 19.7 Å². The van der Waals surface area contributed by atoms with Crippen LogP contribution in [0.1, 0.15) is 24.2 Å². The number of ether oxygens (including phenoxy) is 2. The van der Waals surface area contributed by atoms with E-state index >= 15 is 0 Å². The molecule has 0 aliphatic carbocycles. The third kappa shape index (κ3) is 3.28. The van der Waals surface area contributed by atoms with E-state index in [1.807, 2.05) is 35.0 Å². The lowest BCUT2D eigenvalue weighted by atomic mass is 10.2. The van der Waals surface area contributed by atoms with E-state index in [2.05, 4.69) is 10.2 Å². The lowest BCUT2D eigenvalue weighted by Gasteiger charge is -2.22. The topological polar surface area (TPSA) is 82.6 Å². The number of nitrogens with zero attached hydrogens (tertiary/aromatic N) is 4. The van der Waals surface area contributed by atoms with E-state index in [0.29, 0.717) is 24.7 Å². The van der Waals surface area contributed by atoms with Crippen molar-refractivity contribution in [3.05, 3.63) is 42.2 Å². The molecule has 3 aromatic rings. The van der Waals surface area contributed by atoms with Gasteiger partial charge in [-0.3, -0.25) is 4.79 Å². The van der Waals surface area contributed by atoms with Gasteiger partial charge >= 0.3 is 0 Å². The number of hydrogen-bond acceptors (Lipinski definition) is 6. The number of hydrogen-bond donors (Lipinski definition) is 0. The van der Waals surface area contributed by atoms with Gasteiger partial charge in [-0.15, -0.1) is 10.2 Å². The Bertz CT molecular complexity index is 964. The normalized spacial score (nSPS) is 19.7. The highest BCUT2D eigenvalue weighted by Crippen LogP contribution is 2.33. The molecule has 2 aromatic heterocycles. The molecule has 4 rings (SSSR count). The molecule has 0 radical (unpaired) electrons. The van der Waals surface area contributed by atoms with Gasteiger partial charge in [0.15, 0.2) is 0 Å². The fourth-order valence-electron chi connectivity index (χ4n) is 3.60. The number of carbonyl (C=O) groups excluding carboxylic acids is 1. The van der Waals surface area contributed by atoms with Gasteiger partial charge in [0.05, 0.1) is 13.2 Å². The maximum Gasteiger partial charge on any atom is 0.243 e. The van der Waals surface area contributed by atoms with E-state index < -0.39 is 0 Å². The molecule has 2 atom stereocenters. The van der Waals surface area contributed by atoms with Crippen molar-refractivity contribution in [2.45, 2.75) is 32.0 Å². The molecule has 8 heteroatoms. The Morgan fingerprint density at radius 2 is 2.15 bits per heavy atom. The molecule has 8 nitrogen and oxygen atoms in total. The number of aryl methyl sites for hydroxylation is 1. The van der Waals surface area contributed by atoms with Crippen LogP contribution in [0.15, 0.2) is 34.9 Å². The summed E-state index contributed by atoms with van der Waals surface area (Å²) in [6.07, 6.45) is 2.52. The SMILES string of the molecule is COc1ccc2c(ccn2CC(=O)N2C[C@@H](OC)C[C@@H]2c2nnc(C)o2)c1. The number of carbonyl (C=O) groups is 1. The fraction of sp³-hybridized carbons (Fsp3) is 0.421. The molecule has 0 unspecified atom stereocenters. The van der Waals surface area contributed by atoms with Gasteiger partial charge in [-0.05, 0) is 24.3 Å². The molecule has 0 N–H and O–H groups in total. The first-order valence-corrected chi connectivity index (χ1v) is 8.84. The smallest absolute Gasteiger partial charge is 0.243 e. The van der Waals surface area contributed by atoms with Crippen molar-refractivity contribution in [2.75, 3.05) is 20.8 Å². The monoisotopic (exact) mass is 370 g/mol. The number of amides is 1. The molecule has 27 heavy (non-hydrogen) atoms. The summed E-state index contributed by atoms with van der Waals surface area (Å²) >= 11 is 0. The Balaban J connectivity index is 1.57. The number of aromatic nitrogens is 3. The molecular weight excluding hydrogens is 348 g/mol. The predicted molar refractivity (Wildman–Crippen MR) is 97.4 cm³/mol. The molecule has 142 valence electrons. The van der Waals surface area contributed by atoms with Crippen LogP contribution >= 0.6 is 0 Å². The van der Waals surface area contributed by atoms with Gasteiger partial charge in [-0.25, -0.2) is 0 Å². The summed E-state index contributed by atoms with van der Waals surface area (Å²) in [6.45, 7) is 2.48. The van der Waals surface area contributed by atoms with Crippen LogP contribution in [0, 0.1) is 6.92 Å². The average Bonchev–Trinajstić information content (AvgIpc) is 3.39. The molecular formula is C19H22N4O4. The zero-order valence-corrected chi connectivity index (χ0v) is 15.6. The molecule has 1 saturated heterocycles. The second-order valence-corrected chi connectivity index (χ2v) is 6.68. The summed E-state index contributed by atoms with van der Waals surface area (Å²) in [5.41, 5.74) is 0.983. The average molecular weight is 370 g/mol. The van der Waals surface area contributed by atoms with E-state index in [9.17, 15) is 4.79 Å². The van der Waals surface area contributed by atoms with Crippen molar-refractivity contribution in [3.8, 4) is 5.75 Å². The van der Waals surface area contributed by atoms with Crippen molar-refractivity contribution >= 4 is 16.8 Å². The molecule has 0 bridgehead atoms. The second-order valence-electron chi connectivity index (χ2n) is 6.68. The maximum absolute atomic E-state index is 13.1. The minimum absolute atomic E-state index is 0.0104. The Hall–Kier alpha value is -2.87. The Morgan fingerprint density at radius 3 is 2.85 bits per heavy atom. The van der Waals surface area contributed by atoms with Crippen LogP contribution in [-0.4, -0.2) is 52.4 Å². The van der Waals surface area contributed by atoms with Gasteiger partial charge in [0.1, 0.15) is 18.3 Å². The largest absolute Gasteiger partial charge is 0.497 e. The minimum Gasteiger partial charge on any atom is -0.497 e. The second kappa shape index (κ2) is 7.03. The van der Waals surface area contributed by atoms with Gasteiger partial charge < -0.3 is 23.4 Å². The number of fused-ring (bicyclic) bond motifs is 1. The highest BCUT2D eigenvalue weighted by Gasteiger charge is 2.39. The molecule has 1 aromatic carbocycles. The minimum atomic E-state index is -0.259. The maximum atomic E-state index is 13.1. The molecule has 3 heterocycles. The Labute approximate surface area is 156 Å². The van der Waals surface area contributed by atoms with Crippen LogP contribution in [0.5, 0.6) is 5.75 Å². The van der Waals surface area contributed by atoms with E-state index in [1.54, 1.807) is 26.0 Å². The van der Waals surface area contributed by atoms with Crippen LogP contribution in [0.25, 0.3) is 10.9 Å². The van der Waals surface area contributed by atoms with Crippen molar-refractivity contribution < 1.29 is 18.7 Å². The lowest BCUT2D eigenvalue weighted by Crippen LogP contribution is -2.34. The van der Waals surface area contributed by atoms with Crippen molar-refractivity contribution in [2.24, 2.45) is 0 Å². The fourth-order valence-corrected chi connectivity index (χ4v) is 3.60. The van der Waals surface area contributed by atoms with E-state index in [-0.39, 0.29) is 24.6 Å². The first-order valence-electron chi connectivity index (χ1n) is 8.84. The number of benzene rings is 1. The number of rotatable bonds is 5. The summed E-state index contributed by atoms with van der Waals surface area (Å²) in [4.78, 5) is 14.8. The third-order valence-corrected chi connectivity index (χ3v) is 5.03. The highest BCUT2D eigenvalue weighted by molar-refractivity contribution is 5.84. The third-order valence-electron chi connectivity index (χ3n) is 5.03. The summed E-state index contributed by atoms with van der Waals surface area (Å²) < 4.78 is 18.3. The van der Waals surface area contributed by atoms with Crippen molar-refractivity contribution in [1.29, 1.82) is 0 Å². The van der Waals surface area contributed by atoms with Crippen LogP contribution in [-0.2, 0) is 16.1 Å². The lowest BCUT2D eigenvalue weighted by molar-refractivity contribution is -0.133. The molecule has 1 amide bonds. The van der Waals surface area contributed by atoms with Crippen LogP contribution < -0.4 is 4.74 Å². The van der Waals surface area contributed by atoms with E-state index in [4.69, 9.17) is 13.9 Å². The summed E-state index contributed by atoms with van der Waals surface area (Å²) in [7, 11) is 3.29. The predicted octanol–water partition coefficient (Wildman–Crippen LogP) is 2.33. The molecule has 0 saturated carbocycles. The van der Waals surface area contributed by atoms with Crippen molar-refractivity contribution in [3.63, 3.8) is 0 Å². The van der Waals surface area contributed by atoms with Gasteiger partial charge in [-0.1, -0.05) is 0 Å². The molecule has 1 fully saturated rings. The standard InChI is InChI=1S/C19H22N4O4/c1-12-20-21-19(27-12)17-9-15(26-3)10-23(17)18(24)11-22-7-6-13-8-14(25-2)4-5-16(13)22/h4-8,15,17H,9-11H2,1-3H3/t15-,17+/m0/s1. The van der Waals surface area contributed by atoms with E-state index in [1.165, 1.54) is 0 Å². The Kier molecular flexibility index (Phi) is 4.57. The quantitative estimate of drug-likeness (QED) is 0.686. The van der Waals surface area contributed by atoms with Gasteiger partial charge in [0, 0.05) is 44.1 Å². The molecule has 0 spiro atoms. The van der Waals surface area contributed by atoms with Crippen LogP contribution in [0.3, 0.4) is 0 Å². The van der Waals surface area contributed by atoms with Crippen LogP contribution in [0.4, 0.5) is 0 Å². The molecule has 1 aliphatic heterocycles. The summed E-state index contributed by atoms with van der Waals surface area (Å²) in [5.74, 6) is 1.73. The number of methoxy groups -OCH3 is 2. The first-order chi connectivity index (χ1) is 13.1. The zero-order chi connectivity index (χ0) is 19.0. The van der Waals surface area contributed by atoms with E-state index in [0.717, 1.165) is 16.7 Å². The summed E-state index contributed by atoms with van der Waals surface area (Å²) in [5, 5.41) is 9.03. The van der Waals surface area contributed by atoms with Crippen LogP contribution in [0.2, 0.25) is 0 Å². The molecule has 1 aliphatic rings. The summed E-state index contributed by atoms with van der Waals surface area (Å²) in [6, 6.07) is 7.53. The first kappa shape index (κ1) is 17.5. The van der Waals surface area contributed by atoms with Gasteiger partial charge in [0.2, 0.25) is 17.7 Å². The Morgan fingerprint density at radius 1 is 1.30 bits per heavy atom. The highest BCUT2D eigenvalue weighted by atomic mass is 16.5. The zero-order valence-electron chi connectivity index (χ0n) is 15.6. The van der Waals surface area contributed by atoms with Gasteiger partial charge in [-0.2, -0.15) is 0 Å². The number of likely N-dealkylation sites (tertiary alicyclic amines) is 1.